The van der Waals surface area contributed by atoms with Crippen molar-refractivity contribution in [2.75, 3.05) is 0 Å². The maximum Gasteiger partial charge on any atom is 0.113 e. The van der Waals surface area contributed by atoms with Crippen molar-refractivity contribution in [1.29, 1.82) is 5.26 Å². The zero-order valence-electron chi connectivity index (χ0n) is 9.66. The number of nitrogens with zero attached hydrogens (tertiary/aromatic N) is 2. The Morgan fingerprint density at radius 2 is 2.13 bits per heavy atom. The van der Waals surface area contributed by atoms with E-state index in [1.807, 2.05) is 33.1 Å². The lowest BCUT2D eigenvalue weighted by Gasteiger charge is -2.20. The molecule has 1 aromatic rings. The first-order chi connectivity index (χ1) is 6.83. The summed E-state index contributed by atoms with van der Waals surface area (Å²) in [5.74, 6) is 0. The van der Waals surface area contributed by atoms with Crippen LogP contribution in [-0.4, -0.2) is 4.98 Å². The molecule has 0 saturated heterocycles. The molecule has 82 valence electrons. The molecule has 0 radical (unpaired) electrons. The lowest BCUT2D eigenvalue weighted by atomic mass is 9.95. The van der Waals surface area contributed by atoms with E-state index in [1.165, 1.54) is 11.3 Å². The maximum absolute atomic E-state index is 9.00. The van der Waals surface area contributed by atoms with Gasteiger partial charge in [-0.2, -0.15) is 5.26 Å². The molecule has 0 saturated carbocycles. The van der Waals surface area contributed by atoms with Crippen LogP contribution in [0.15, 0.2) is 5.38 Å². The fourth-order valence-electron chi connectivity index (χ4n) is 1.05. The van der Waals surface area contributed by atoms with Gasteiger partial charge in [-0.05, 0) is 27.2 Å². The number of aromatic nitrogens is 1. The van der Waals surface area contributed by atoms with Gasteiger partial charge in [0.15, 0.2) is 0 Å². The van der Waals surface area contributed by atoms with Crippen LogP contribution in [0.3, 0.4) is 0 Å². The van der Waals surface area contributed by atoms with E-state index in [0.29, 0.717) is 0 Å². The summed E-state index contributed by atoms with van der Waals surface area (Å²) < 4.78 is 0. The fourth-order valence-corrected chi connectivity index (χ4v) is 2.09. The summed E-state index contributed by atoms with van der Waals surface area (Å²) in [6, 6.07) is 2.25. The van der Waals surface area contributed by atoms with Gasteiger partial charge in [0.1, 0.15) is 10.4 Å². The summed E-state index contributed by atoms with van der Waals surface area (Å²) in [7, 11) is 0. The van der Waals surface area contributed by atoms with Crippen molar-refractivity contribution < 1.29 is 0 Å². The normalized spacial score (nSPS) is 15.7. The molecule has 0 bridgehead atoms. The Morgan fingerprint density at radius 1 is 1.53 bits per heavy atom. The SMILES string of the molecule is CCC(C)(N)c1csc(C(C)(C)C#N)n1. The molecule has 1 heterocycles. The molecule has 3 nitrogen and oxygen atoms in total. The Balaban J connectivity index is 3.07. The standard InChI is InChI=1S/C11H17N3S/c1-5-11(4,13)8-6-15-9(14-8)10(2,3)7-12/h6H,5,13H2,1-4H3. The monoisotopic (exact) mass is 223 g/mol. The summed E-state index contributed by atoms with van der Waals surface area (Å²) >= 11 is 1.51. The second-order valence-corrected chi connectivity index (χ2v) is 5.40. The topological polar surface area (TPSA) is 62.7 Å². The third-order valence-electron chi connectivity index (χ3n) is 2.64. The van der Waals surface area contributed by atoms with E-state index >= 15 is 0 Å². The van der Waals surface area contributed by atoms with E-state index in [4.69, 9.17) is 11.0 Å². The number of hydrogen-bond acceptors (Lipinski definition) is 4. The molecular formula is C11H17N3S. The Kier molecular flexibility index (Phi) is 3.17. The van der Waals surface area contributed by atoms with Crippen LogP contribution >= 0.6 is 11.3 Å². The summed E-state index contributed by atoms with van der Waals surface area (Å²) in [5, 5.41) is 11.8. The van der Waals surface area contributed by atoms with Gasteiger partial charge in [0.2, 0.25) is 0 Å². The van der Waals surface area contributed by atoms with Crippen molar-refractivity contribution in [1.82, 2.24) is 4.98 Å². The molecule has 1 atom stereocenters. The Hall–Kier alpha value is -0.920. The summed E-state index contributed by atoms with van der Waals surface area (Å²) in [6.45, 7) is 7.74. The Labute approximate surface area is 94.9 Å². The minimum atomic E-state index is -0.521. The minimum absolute atomic E-state index is 0.389. The lowest BCUT2D eigenvalue weighted by molar-refractivity contribution is 0.461. The molecule has 0 aromatic carbocycles. The van der Waals surface area contributed by atoms with Gasteiger partial charge in [-0.15, -0.1) is 11.3 Å². The first-order valence-corrected chi connectivity index (χ1v) is 5.88. The molecule has 4 heteroatoms. The second kappa shape index (κ2) is 3.92. The molecule has 1 aromatic heterocycles. The highest BCUT2D eigenvalue weighted by Gasteiger charge is 2.28. The van der Waals surface area contributed by atoms with Gasteiger partial charge >= 0.3 is 0 Å². The Morgan fingerprint density at radius 3 is 2.60 bits per heavy atom. The maximum atomic E-state index is 9.00. The number of thiazole rings is 1. The molecule has 0 aliphatic heterocycles. The Bertz CT molecular complexity index is 385. The van der Waals surface area contributed by atoms with Gasteiger partial charge in [0, 0.05) is 5.38 Å². The van der Waals surface area contributed by atoms with Crippen molar-refractivity contribution in [3.8, 4) is 6.07 Å². The van der Waals surface area contributed by atoms with E-state index in [1.54, 1.807) is 0 Å². The third-order valence-corrected chi connectivity index (χ3v) is 3.80. The number of rotatable bonds is 3. The molecule has 0 spiro atoms. The third kappa shape index (κ3) is 2.36. The molecule has 1 unspecified atom stereocenters. The number of hydrogen-bond donors (Lipinski definition) is 1. The molecule has 1 rings (SSSR count). The first-order valence-electron chi connectivity index (χ1n) is 5.00. The van der Waals surface area contributed by atoms with Crippen LogP contribution in [0.4, 0.5) is 0 Å². The smallest absolute Gasteiger partial charge is 0.113 e. The first kappa shape index (κ1) is 12.2. The molecule has 2 N–H and O–H groups in total. The summed E-state index contributed by atoms with van der Waals surface area (Å²) in [5.41, 5.74) is 6.07. The average Bonchev–Trinajstić information content (AvgIpc) is 2.67. The van der Waals surface area contributed by atoms with E-state index in [2.05, 4.69) is 11.1 Å². The fraction of sp³-hybridized carbons (Fsp3) is 0.636. The van der Waals surface area contributed by atoms with Crippen LogP contribution in [-0.2, 0) is 11.0 Å². The van der Waals surface area contributed by atoms with Gasteiger partial charge in [0.25, 0.3) is 0 Å². The van der Waals surface area contributed by atoms with E-state index in [9.17, 15) is 0 Å². The van der Waals surface area contributed by atoms with Crippen LogP contribution in [0.5, 0.6) is 0 Å². The van der Waals surface area contributed by atoms with Crippen LogP contribution in [0.25, 0.3) is 0 Å². The van der Waals surface area contributed by atoms with Gasteiger partial charge in [-0.25, -0.2) is 4.98 Å². The molecule has 0 amide bonds. The van der Waals surface area contributed by atoms with Crippen LogP contribution < -0.4 is 5.73 Å². The second-order valence-electron chi connectivity index (χ2n) is 4.55. The molecular weight excluding hydrogens is 206 g/mol. The molecule has 0 aliphatic rings. The zero-order chi connectivity index (χ0) is 11.7. The predicted molar refractivity (Wildman–Crippen MR) is 62.6 cm³/mol. The van der Waals surface area contributed by atoms with Gasteiger partial charge < -0.3 is 5.73 Å². The van der Waals surface area contributed by atoms with Gasteiger partial charge in [0.05, 0.1) is 17.3 Å². The number of nitrogens with two attached hydrogens (primary N) is 1. The van der Waals surface area contributed by atoms with Crippen molar-refractivity contribution >= 4 is 11.3 Å². The lowest BCUT2D eigenvalue weighted by Crippen LogP contribution is -2.32. The summed E-state index contributed by atoms with van der Waals surface area (Å²) in [6.07, 6.45) is 0.836. The minimum Gasteiger partial charge on any atom is -0.320 e. The van der Waals surface area contributed by atoms with Crippen LogP contribution in [0.2, 0.25) is 0 Å². The zero-order valence-corrected chi connectivity index (χ0v) is 10.5. The average molecular weight is 223 g/mol. The quantitative estimate of drug-likeness (QED) is 0.856. The highest BCUT2D eigenvalue weighted by atomic mass is 32.1. The highest BCUT2D eigenvalue weighted by molar-refractivity contribution is 7.09. The summed E-state index contributed by atoms with van der Waals surface area (Å²) in [4.78, 5) is 4.47. The van der Waals surface area contributed by atoms with Crippen molar-refractivity contribution in [2.45, 2.75) is 45.1 Å². The predicted octanol–water partition coefficient (Wildman–Crippen LogP) is 2.53. The highest BCUT2D eigenvalue weighted by Crippen LogP contribution is 2.29. The van der Waals surface area contributed by atoms with Crippen LogP contribution in [0.1, 0.15) is 44.8 Å². The van der Waals surface area contributed by atoms with Crippen molar-refractivity contribution in [3.05, 3.63) is 16.1 Å². The van der Waals surface area contributed by atoms with Crippen molar-refractivity contribution in [3.63, 3.8) is 0 Å². The van der Waals surface area contributed by atoms with E-state index in [0.717, 1.165) is 17.1 Å². The molecule has 0 fully saturated rings. The van der Waals surface area contributed by atoms with Crippen molar-refractivity contribution in [2.24, 2.45) is 5.73 Å². The van der Waals surface area contributed by atoms with Gasteiger partial charge in [-0.3, -0.25) is 0 Å². The van der Waals surface area contributed by atoms with E-state index in [-0.39, 0.29) is 5.54 Å². The number of nitriles is 1. The van der Waals surface area contributed by atoms with Gasteiger partial charge in [-0.1, -0.05) is 6.92 Å². The van der Waals surface area contributed by atoms with Crippen LogP contribution in [0, 0.1) is 11.3 Å². The largest absolute Gasteiger partial charge is 0.320 e. The van der Waals surface area contributed by atoms with E-state index < -0.39 is 5.41 Å². The molecule has 15 heavy (non-hydrogen) atoms. The molecule has 0 aliphatic carbocycles.